The van der Waals surface area contributed by atoms with Crippen LogP contribution in [0.4, 0.5) is 4.39 Å². The van der Waals surface area contributed by atoms with Crippen molar-refractivity contribution in [2.24, 2.45) is 5.92 Å². The highest BCUT2D eigenvalue weighted by molar-refractivity contribution is 6.30. The Hall–Kier alpha value is -0.680. The number of aliphatic hydroxyl groups is 1. The predicted molar refractivity (Wildman–Crippen MR) is 65.5 cm³/mol. The van der Waals surface area contributed by atoms with Crippen LogP contribution in [-0.4, -0.2) is 30.8 Å². The summed E-state index contributed by atoms with van der Waals surface area (Å²) in [4.78, 5) is 0. The number of benzene rings is 1. The van der Waals surface area contributed by atoms with E-state index < -0.39 is 0 Å². The summed E-state index contributed by atoms with van der Waals surface area (Å²) in [7, 11) is 0. The molecule has 3 nitrogen and oxygen atoms in total. The molecule has 1 aliphatic heterocycles. The highest BCUT2D eigenvalue weighted by atomic mass is 35.5. The molecular formula is C12H16ClFN2O. The molecule has 94 valence electrons. The lowest BCUT2D eigenvalue weighted by atomic mass is 10.1. The van der Waals surface area contributed by atoms with Gasteiger partial charge in [0.2, 0.25) is 0 Å². The molecule has 0 aromatic heterocycles. The second kappa shape index (κ2) is 5.78. The second-order valence-corrected chi connectivity index (χ2v) is 4.79. The van der Waals surface area contributed by atoms with Crippen LogP contribution >= 0.6 is 11.6 Å². The number of rotatable bonds is 4. The van der Waals surface area contributed by atoms with E-state index in [-0.39, 0.29) is 17.8 Å². The van der Waals surface area contributed by atoms with E-state index in [4.69, 9.17) is 11.6 Å². The van der Waals surface area contributed by atoms with Crippen LogP contribution in [0.15, 0.2) is 18.2 Å². The van der Waals surface area contributed by atoms with Crippen molar-refractivity contribution in [1.82, 2.24) is 10.6 Å². The van der Waals surface area contributed by atoms with E-state index in [2.05, 4.69) is 10.6 Å². The Labute approximate surface area is 105 Å². The molecule has 2 rings (SSSR count). The van der Waals surface area contributed by atoms with Gasteiger partial charge in [0.1, 0.15) is 5.82 Å². The maximum absolute atomic E-state index is 13.4. The first-order valence-corrected chi connectivity index (χ1v) is 6.08. The lowest BCUT2D eigenvalue weighted by molar-refractivity contribution is 0.146. The number of halogens is 2. The molecule has 2 atom stereocenters. The van der Waals surface area contributed by atoms with Gasteiger partial charge in [-0.1, -0.05) is 17.7 Å². The van der Waals surface area contributed by atoms with Gasteiger partial charge in [0.05, 0.1) is 6.10 Å². The number of nitrogens with one attached hydrogen (secondary N) is 2. The summed E-state index contributed by atoms with van der Waals surface area (Å²) in [6, 6.07) is 4.66. The minimum Gasteiger partial charge on any atom is -0.391 e. The third-order valence-corrected chi connectivity index (χ3v) is 3.28. The molecule has 3 N–H and O–H groups in total. The highest BCUT2D eigenvalue weighted by Crippen LogP contribution is 2.14. The Morgan fingerprint density at radius 2 is 2.29 bits per heavy atom. The molecule has 2 unspecified atom stereocenters. The summed E-state index contributed by atoms with van der Waals surface area (Å²) in [5.74, 6) is -0.0968. The number of hydrogen-bond acceptors (Lipinski definition) is 3. The summed E-state index contributed by atoms with van der Waals surface area (Å²) >= 11 is 5.67. The SMILES string of the molecule is OC1CNCC1CNCc1ccc(Cl)cc1F. The van der Waals surface area contributed by atoms with Crippen molar-refractivity contribution in [1.29, 1.82) is 0 Å². The molecule has 1 heterocycles. The molecule has 0 amide bonds. The Morgan fingerprint density at radius 3 is 2.94 bits per heavy atom. The van der Waals surface area contributed by atoms with Gasteiger partial charge in [0, 0.05) is 42.7 Å². The van der Waals surface area contributed by atoms with E-state index in [1.165, 1.54) is 6.07 Å². The summed E-state index contributed by atoms with van der Waals surface area (Å²) in [5.41, 5.74) is 0.592. The van der Waals surface area contributed by atoms with Crippen molar-refractivity contribution in [2.75, 3.05) is 19.6 Å². The molecule has 0 saturated carbocycles. The van der Waals surface area contributed by atoms with E-state index in [1.54, 1.807) is 12.1 Å². The first-order chi connectivity index (χ1) is 8.16. The Morgan fingerprint density at radius 1 is 1.47 bits per heavy atom. The fraction of sp³-hybridized carbons (Fsp3) is 0.500. The van der Waals surface area contributed by atoms with Gasteiger partial charge in [0.15, 0.2) is 0 Å². The number of β-amino-alcohol motifs (C(OH)–C–C–N with tert-alkyl or cyclic N) is 1. The zero-order chi connectivity index (χ0) is 12.3. The lowest BCUT2D eigenvalue weighted by Crippen LogP contribution is -2.30. The molecule has 0 aliphatic carbocycles. The number of aliphatic hydroxyl groups excluding tert-OH is 1. The summed E-state index contributed by atoms with van der Waals surface area (Å²) in [6.07, 6.45) is -0.308. The standard InChI is InChI=1S/C12H16ClFN2O/c13-10-2-1-8(11(14)3-10)4-15-5-9-6-16-7-12(9)17/h1-3,9,12,15-17H,4-7H2. The van der Waals surface area contributed by atoms with Crippen molar-refractivity contribution in [2.45, 2.75) is 12.6 Å². The van der Waals surface area contributed by atoms with E-state index in [0.717, 1.165) is 6.54 Å². The Balaban J connectivity index is 1.81. The molecule has 1 saturated heterocycles. The maximum atomic E-state index is 13.4. The van der Waals surface area contributed by atoms with Crippen LogP contribution in [0.5, 0.6) is 0 Å². The Bertz CT molecular complexity index is 389. The minimum atomic E-state index is -0.308. The molecular weight excluding hydrogens is 243 g/mol. The Kier molecular flexibility index (Phi) is 4.34. The zero-order valence-electron chi connectivity index (χ0n) is 9.42. The first kappa shape index (κ1) is 12.8. The maximum Gasteiger partial charge on any atom is 0.129 e. The highest BCUT2D eigenvalue weighted by Gasteiger charge is 2.24. The predicted octanol–water partition coefficient (Wildman–Crippen LogP) is 1.15. The second-order valence-electron chi connectivity index (χ2n) is 4.35. The van der Waals surface area contributed by atoms with Crippen molar-refractivity contribution < 1.29 is 9.50 Å². The number of hydrogen-bond donors (Lipinski definition) is 3. The third-order valence-electron chi connectivity index (χ3n) is 3.04. The van der Waals surface area contributed by atoms with Gasteiger partial charge in [-0.15, -0.1) is 0 Å². The fourth-order valence-corrected chi connectivity index (χ4v) is 2.14. The molecule has 1 aromatic carbocycles. The van der Waals surface area contributed by atoms with Crippen LogP contribution in [0.1, 0.15) is 5.56 Å². The van der Waals surface area contributed by atoms with Crippen LogP contribution in [-0.2, 0) is 6.54 Å². The van der Waals surface area contributed by atoms with Gasteiger partial charge in [0.25, 0.3) is 0 Å². The normalized spacial score (nSPS) is 24.2. The van der Waals surface area contributed by atoms with Gasteiger partial charge in [-0.3, -0.25) is 0 Å². The van der Waals surface area contributed by atoms with Crippen molar-refractivity contribution in [3.05, 3.63) is 34.6 Å². The van der Waals surface area contributed by atoms with E-state index >= 15 is 0 Å². The minimum absolute atomic E-state index is 0.199. The smallest absolute Gasteiger partial charge is 0.129 e. The van der Waals surface area contributed by atoms with Gasteiger partial charge in [-0.05, 0) is 12.1 Å². The average Bonchev–Trinajstić information content (AvgIpc) is 2.68. The van der Waals surface area contributed by atoms with Crippen LogP contribution in [0.3, 0.4) is 0 Å². The van der Waals surface area contributed by atoms with E-state index in [0.29, 0.717) is 30.2 Å². The summed E-state index contributed by atoms with van der Waals surface area (Å²) < 4.78 is 13.4. The van der Waals surface area contributed by atoms with Crippen LogP contribution < -0.4 is 10.6 Å². The monoisotopic (exact) mass is 258 g/mol. The first-order valence-electron chi connectivity index (χ1n) is 5.70. The van der Waals surface area contributed by atoms with Crippen molar-refractivity contribution >= 4 is 11.6 Å². The van der Waals surface area contributed by atoms with Gasteiger partial charge in [-0.2, -0.15) is 0 Å². The zero-order valence-corrected chi connectivity index (χ0v) is 10.2. The molecule has 1 fully saturated rings. The molecule has 0 bridgehead atoms. The van der Waals surface area contributed by atoms with Crippen LogP contribution in [0.2, 0.25) is 5.02 Å². The quantitative estimate of drug-likeness (QED) is 0.759. The average molecular weight is 259 g/mol. The molecule has 1 aromatic rings. The lowest BCUT2D eigenvalue weighted by Gasteiger charge is -2.14. The molecule has 0 radical (unpaired) electrons. The van der Waals surface area contributed by atoms with E-state index in [1.807, 2.05) is 0 Å². The van der Waals surface area contributed by atoms with Crippen LogP contribution in [0.25, 0.3) is 0 Å². The van der Waals surface area contributed by atoms with Gasteiger partial charge < -0.3 is 15.7 Å². The van der Waals surface area contributed by atoms with Gasteiger partial charge >= 0.3 is 0 Å². The third kappa shape index (κ3) is 3.39. The molecule has 5 heteroatoms. The molecule has 17 heavy (non-hydrogen) atoms. The summed E-state index contributed by atoms with van der Waals surface area (Å²) in [6.45, 7) is 2.57. The fourth-order valence-electron chi connectivity index (χ4n) is 1.98. The van der Waals surface area contributed by atoms with E-state index in [9.17, 15) is 9.50 Å². The van der Waals surface area contributed by atoms with Gasteiger partial charge in [-0.25, -0.2) is 4.39 Å². The largest absolute Gasteiger partial charge is 0.391 e. The van der Waals surface area contributed by atoms with Crippen molar-refractivity contribution in [3.63, 3.8) is 0 Å². The topological polar surface area (TPSA) is 44.3 Å². The van der Waals surface area contributed by atoms with Crippen molar-refractivity contribution in [3.8, 4) is 0 Å². The van der Waals surface area contributed by atoms with Crippen LogP contribution in [0, 0.1) is 11.7 Å². The molecule has 1 aliphatic rings. The summed E-state index contributed by atoms with van der Waals surface area (Å²) in [5, 5.41) is 16.2. The molecule has 0 spiro atoms.